The lowest BCUT2D eigenvalue weighted by molar-refractivity contribution is 1.24. The summed E-state index contributed by atoms with van der Waals surface area (Å²) in [5.41, 5.74) is 6.95. The molecule has 4 aromatic rings. The van der Waals surface area contributed by atoms with Crippen molar-refractivity contribution in [2.24, 2.45) is 9.98 Å². The molecule has 1 heterocycles. The summed E-state index contributed by atoms with van der Waals surface area (Å²) in [6.07, 6.45) is 0. The van der Waals surface area contributed by atoms with Gasteiger partial charge >= 0.3 is 0 Å². The summed E-state index contributed by atoms with van der Waals surface area (Å²) in [6, 6.07) is 21.0. The van der Waals surface area contributed by atoms with Crippen molar-refractivity contribution < 1.29 is 0 Å². The van der Waals surface area contributed by atoms with E-state index < -0.39 is 0 Å². The van der Waals surface area contributed by atoms with Crippen LogP contribution in [0.1, 0.15) is 22.3 Å². The second-order valence-corrected chi connectivity index (χ2v) is 8.98. The van der Waals surface area contributed by atoms with Crippen LogP contribution in [0.3, 0.4) is 0 Å². The molecule has 0 aliphatic heterocycles. The van der Waals surface area contributed by atoms with E-state index in [0.717, 1.165) is 20.7 Å². The molecule has 0 aliphatic carbocycles. The Balaban J connectivity index is 2.06. The third-order valence-electron chi connectivity index (χ3n) is 5.04. The van der Waals surface area contributed by atoms with Gasteiger partial charge in [-0.3, -0.25) is 0 Å². The maximum Gasteiger partial charge on any atom is 0.153 e. The molecule has 3 aromatic carbocycles. The quantitative estimate of drug-likeness (QED) is 0.358. The first-order valence-electron chi connectivity index (χ1n) is 9.28. The predicted octanol–water partition coefficient (Wildman–Crippen LogP) is 6.66. The number of nitrogens with zero attached hydrogens (tertiary/aromatic N) is 2. The van der Waals surface area contributed by atoms with Crippen LogP contribution < -0.4 is 9.34 Å². The minimum absolute atomic E-state index is 0.957. The lowest BCUT2D eigenvalue weighted by atomic mass is 10.1. The summed E-state index contributed by atoms with van der Waals surface area (Å²) in [7, 11) is 0. The zero-order valence-corrected chi connectivity index (χ0v) is 18.1. The molecule has 0 unspecified atom stereocenters. The van der Waals surface area contributed by atoms with Crippen molar-refractivity contribution in [2.75, 3.05) is 0 Å². The maximum atomic E-state index is 5.04. The third-order valence-corrected chi connectivity index (χ3v) is 7.41. The second-order valence-electron chi connectivity index (χ2n) is 6.92. The van der Waals surface area contributed by atoms with Gasteiger partial charge in [0.15, 0.2) is 9.34 Å². The number of hydrogen-bond acceptors (Lipinski definition) is 4. The van der Waals surface area contributed by atoms with E-state index in [1.807, 2.05) is 0 Å². The van der Waals surface area contributed by atoms with Crippen LogP contribution in [0.15, 0.2) is 70.6 Å². The zero-order valence-electron chi connectivity index (χ0n) is 16.5. The Morgan fingerprint density at radius 1 is 0.536 bits per heavy atom. The molecule has 0 aliphatic rings. The van der Waals surface area contributed by atoms with E-state index >= 15 is 0 Å². The summed E-state index contributed by atoms with van der Waals surface area (Å²) >= 11 is 3.40. The Bertz CT molecular complexity index is 1210. The molecule has 140 valence electrons. The molecule has 0 fully saturated rings. The van der Waals surface area contributed by atoms with Crippen molar-refractivity contribution in [3.63, 3.8) is 0 Å². The lowest BCUT2D eigenvalue weighted by Gasteiger charge is -2.05. The van der Waals surface area contributed by atoms with Crippen LogP contribution in [-0.4, -0.2) is 0 Å². The van der Waals surface area contributed by atoms with Gasteiger partial charge in [-0.05, 0) is 74.2 Å². The number of benzene rings is 3. The fourth-order valence-electron chi connectivity index (χ4n) is 2.99. The van der Waals surface area contributed by atoms with Gasteiger partial charge in [0.2, 0.25) is 0 Å². The van der Waals surface area contributed by atoms with E-state index in [1.54, 1.807) is 22.7 Å². The molecule has 0 bridgehead atoms. The molecule has 28 heavy (non-hydrogen) atoms. The molecule has 0 spiro atoms. The Morgan fingerprint density at radius 3 is 1.39 bits per heavy atom. The highest BCUT2D eigenvalue weighted by Gasteiger charge is 2.04. The summed E-state index contributed by atoms with van der Waals surface area (Å²) in [5.74, 6) is 0. The first-order chi connectivity index (χ1) is 13.5. The predicted molar refractivity (Wildman–Crippen MR) is 122 cm³/mol. The highest BCUT2D eigenvalue weighted by molar-refractivity contribution is 7.25. The Kier molecular flexibility index (Phi) is 5.25. The van der Waals surface area contributed by atoms with Crippen LogP contribution in [0, 0.1) is 27.7 Å². The average molecular weight is 403 g/mol. The van der Waals surface area contributed by atoms with E-state index in [9.17, 15) is 0 Å². The van der Waals surface area contributed by atoms with Crippen molar-refractivity contribution in [1.82, 2.24) is 0 Å². The van der Waals surface area contributed by atoms with Gasteiger partial charge in [0.1, 0.15) is 0 Å². The Hall–Kier alpha value is -2.56. The van der Waals surface area contributed by atoms with E-state index in [0.29, 0.717) is 0 Å². The zero-order chi connectivity index (χ0) is 19.7. The SMILES string of the molecule is Cc1cccc(N=c2sc3ccccc3sc2=Nc2cccc(C)c2C)c1C. The summed E-state index contributed by atoms with van der Waals surface area (Å²) < 4.78 is 4.38. The largest absolute Gasteiger partial charge is 0.235 e. The van der Waals surface area contributed by atoms with Crippen LogP contribution in [-0.2, 0) is 0 Å². The van der Waals surface area contributed by atoms with Crippen molar-refractivity contribution in [1.29, 1.82) is 0 Å². The fraction of sp³-hybridized carbons (Fsp3) is 0.167. The number of hydrogen-bond donors (Lipinski definition) is 0. The lowest BCUT2D eigenvalue weighted by Crippen LogP contribution is -2.19. The molecule has 0 saturated heterocycles. The highest BCUT2D eigenvalue weighted by Crippen LogP contribution is 2.24. The van der Waals surface area contributed by atoms with E-state index in [1.165, 1.54) is 31.7 Å². The number of rotatable bonds is 2. The molecular weight excluding hydrogens is 380 g/mol. The summed E-state index contributed by atoms with van der Waals surface area (Å²) in [5, 5.41) is 0. The van der Waals surface area contributed by atoms with Crippen LogP contribution in [0.5, 0.6) is 0 Å². The second kappa shape index (κ2) is 7.82. The average Bonchev–Trinajstić information content (AvgIpc) is 2.69. The van der Waals surface area contributed by atoms with Crippen molar-refractivity contribution in [3.05, 3.63) is 92.3 Å². The normalized spacial score (nSPS) is 12.7. The first-order valence-corrected chi connectivity index (χ1v) is 10.9. The highest BCUT2D eigenvalue weighted by atomic mass is 32.1. The van der Waals surface area contributed by atoms with Gasteiger partial charge in [-0.1, -0.05) is 36.4 Å². The maximum absolute atomic E-state index is 5.04. The minimum Gasteiger partial charge on any atom is -0.235 e. The standard InChI is InChI=1S/C24H22N2S2/c1-15-9-7-11-19(17(15)3)25-23-24(26-20-12-8-10-16(2)18(20)4)28-22-14-6-5-13-21(22)27-23/h5-14H,1-4H3. The van der Waals surface area contributed by atoms with Crippen LogP contribution in [0.4, 0.5) is 11.4 Å². The van der Waals surface area contributed by atoms with Crippen molar-refractivity contribution >= 4 is 43.4 Å². The summed E-state index contributed by atoms with van der Waals surface area (Å²) in [6.45, 7) is 8.51. The van der Waals surface area contributed by atoms with Gasteiger partial charge in [0.05, 0.1) is 11.4 Å². The topological polar surface area (TPSA) is 24.7 Å². The minimum atomic E-state index is 0.957. The molecule has 2 nitrogen and oxygen atoms in total. The molecule has 4 heteroatoms. The van der Waals surface area contributed by atoms with Gasteiger partial charge in [-0.15, -0.1) is 22.7 Å². The van der Waals surface area contributed by atoms with E-state index in [2.05, 4.69) is 88.4 Å². The van der Waals surface area contributed by atoms with Gasteiger partial charge in [0.25, 0.3) is 0 Å². The van der Waals surface area contributed by atoms with Crippen LogP contribution in [0.2, 0.25) is 0 Å². The van der Waals surface area contributed by atoms with Gasteiger partial charge in [-0.2, -0.15) is 0 Å². The Labute approximate surface area is 173 Å². The van der Waals surface area contributed by atoms with Crippen LogP contribution >= 0.6 is 22.7 Å². The molecular formula is C24H22N2S2. The van der Waals surface area contributed by atoms with E-state index in [-0.39, 0.29) is 0 Å². The molecule has 0 atom stereocenters. The fourth-order valence-corrected chi connectivity index (χ4v) is 5.09. The molecule has 0 N–H and O–H groups in total. The van der Waals surface area contributed by atoms with Crippen molar-refractivity contribution in [3.8, 4) is 0 Å². The van der Waals surface area contributed by atoms with Crippen molar-refractivity contribution in [2.45, 2.75) is 27.7 Å². The van der Waals surface area contributed by atoms with Gasteiger partial charge < -0.3 is 0 Å². The first kappa shape index (κ1) is 18.8. The monoisotopic (exact) mass is 402 g/mol. The molecule has 1 aromatic heterocycles. The van der Waals surface area contributed by atoms with E-state index in [4.69, 9.17) is 9.98 Å². The van der Waals surface area contributed by atoms with Gasteiger partial charge in [-0.25, -0.2) is 9.98 Å². The van der Waals surface area contributed by atoms with Gasteiger partial charge in [0, 0.05) is 9.40 Å². The number of aryl methyl sites for hydroxylation is 2. The smallest absolute Gasteiger partial charge is 0.153 e. The molecule has 0 saturated carbocycles. The molecule has 0 radical (unpaired) electrons. The number of fused-ring (bicyclic) bond motifs is 1. The molecule has 4 rings (SSSR count). The molecule has 0 amide bonds. The van der Waals surface area contributed by atoms with Crippen LogP contribution in [0.25, 0.3) is 9.40 Å². The summed E-state index contributed by atoms with van der Waals surface area (Å²) in [4.78, 5) is 10.1. The Morgan fingerprint density at radius 2 is 0.964 bits per heavy atom. The third kappa shape index (κ3) is 3.71.